The van der Waals surface area contributed by atoms with Crippen molar-refractivity contribution < 1.29 is 14.7 Å². The monoisotopic (exact) mass is 343 g/mol. The van der Waals surface area contributed by atoms with Crippen molar-refractivity contribution in [3.05, 3.63) is 57.3 Å². The lowest BCUT2D eigenvalue weighted by Crippen LogP contribution is -2.40. The lowest BCUT2D eigenvalue weighted by molar-refractivity contribution is -0.141. The van der Waals surface area contributed by atoms with E-state index >= 15 is 0 Å². The number of thiophene rings is 1. The Labute approximate surface area is 145 Å². The molecule has 1 N–H and O–H groups in total. The fourth-order valence-electron chi connectivity index (χ4n) is 3.20. The molecule has 0 fully saturated rings. The van der Waals surface area contributed by atoms with Crippen LogP contribution in [0.2, 0.25) is 0 Å². The van der Waals surface area contributed by atoms with Crippen molar-refractivity contribution in [1.29, 1.82) is 0 Å². The highest BCUT2D eigenvalue weighted by molar-refractivity contribution is 7.11. The van der Waals surface area contributed by atoms with Crippen LogP contribution in [0.5, 0.6) is 0 Å². The molecule has 1 atom stereocenters. The zero-order valence-corrected chi connectivity index (χ0v) is 14.5. The minimum absolute atomic E-state index is 0.0454. The topological polar surface area (TPSA) is 57.6 Å². The molecule has 0 bridgehead atoms. The van der Waals surface area contributed by atoms with E-state index in [1.807, 2.05) is 24.3 Å². The molecule has 1 aromatic carbocycles. The van der Waals surface area contributed by atoms with Gasteiger partial charge in [0.2, 0.25) is 5.91 Å². The van der Waals surface area contributed by atoms with Gasteiger partial charge < -0.3 is 10.0 Å². The zero-order valence-electron chi connectivity index (χ0n) is 13.7. The van der Waals surface area contributed by atoms with Gasteiger partial charge in [-0.05, 0) is 43.0 Å². The van der Waals surface area contributed by atoms with Gasteiger partial charge in [0.25, 0.3) is 0 Å². The number of hydrogen-bond donors (Lipinski definition) is 1. The average molecular weight is 343 g/mol. The van der Waals surface area contributed by atoms with Crippen LogP contribution >= 0.6 is 11.3 Å². The number of aryl methyl sites for hydroxylation is 2. The summed E-state index contributed by atoms with van der Waals surface area (Å²) in [5, 5.41) is 9.48. The Morgan fingerprint density at radius 2 is 2.04 bits per heavy atom. The highest BCUT2D eigenvalue weighted by Gasteiger charge is 2.31. The summed E-state index contributed by atoms with van der Waals surface area (Å²) >= 11 is 1.77. The molecule has 1 amide bonds. The number of benzene rings is 1. The highest BCUT2D eigenvalue weighted by Crippen LogP contribution is 2.29. The van der Waals surface area contributed by atoms with E-state index in [1.165, 1.54) is 9.75 Å². The van der Waals surface area contributed by atoms with Gasteiger partial charge in [0, 0.05) is 29.3 Å². The van der Waals surface area contributed by atoms with Crippen molar-refractivity contribution >= 4 is 23.2 Å². The number of aliphatic carboxylic acids is 1. The smallest absolute Gasteiger partial charge is 0.312 e. The SMILES string of the molecule is Cc1ccc(CCCC(=O)N2Cc3ccccc3C(C(=O)O)C2)s1. The minimum Gasteiger partial charge on any atom is -0.481 e. The fourth-order valence-corrected chi connectivity index (χ4v) is 4.13. The van der Waals surface area contributed by atoms with E-state index in [-0.39, 0.29) is 12.5 Å². The Morgan fingerprint density at radius 3 is 2.75 bits per heavy atom. The summed E-state index contributed by atoms with van der Waals surface area (Å²) in [6, 6.07) is 11.7. The molecule has 0 spiro atoms. The third-order valence-corrected chi connectivity index (χ3v) is 5.52. The highest BCUT2D eigenvalue weighted by atomic mass is 32.1. The third kappa shape index (κ3) is 3.67. The predicted molar refractivity (Wildman–Crippen MR) is 94.2 cm³/mol. The lowest BCUT2D eigenvalue weighted by Gasteiger charge is -2.33. The van der Waals surface area contributed by atoms with Crippen LogP contribution < -0.4 is 0 Å². The van der Waals surface area contributed by atoms with Crippen molar-refractivity contribution in [3.63, 3.8) is 0 Å². The van der Waals surface area contributed by atoms with Gasteiger partial charge >= 0.3 is 5.97 Å². The molecule has 1 aliphatic heterocycles. The maximum absolute atomic E-state index is 12.5. The Morgan fingerprint density at radius 1 is 1.25 bits per heavy atom. The van der Waals surface area contributed by atoms with Crippen molar-refractivity contribution in [1.82, 2.24) is 4.90 Å². The quantitative estimate of drug-likeness (QED) is 0.902. The number of carboxylic acids is 1. The summed E-state index contributed by atoms with van der Waals surface area (Å²) < 4.78 is 0. The molecule has 2 heterocycles. The van der Waals surface area contributed by atoms with Crippen LogP contribution in [0, 0.1) is 6.92 Å². The molecule has 0 aliphatic carbocycles. The van der Waals surface area contributed by atoms with Crippen LogP contribution in [-0.4, -0.2) is 28.4 Å². The van der Waals surface area contributed by atoms with Crippen molar-refractivity contribution in [2.45, 2.75) is 38.6 Å². The van der Waals surface area contributed by atoms with E-state index in [1.54, 1.807) is 16.2 Å². The van der Waals surface area contributed by atoms with Gasteiger partial charge in [-0.3, -0.25) is 9.59 Å². The normalized spacial score (nSPS) is 16.7. The maximum atomic E-state index is 12.5. The predicted octanol–water partition coefficient (Wildman–Crippen LogP) is 3.59. The second-order valence-electron chi connectivity index (χ2n) is 6.23. The molecule has 0 saturated heterocycles. The first-order chi connectivity index (χ1) is 11.5. The van der Waals surface area contributed by atoms with E-state index in [2.05, 4.69) is 19.1 Å². The maximum Gasteiger partial charge on any atom is 0.312 e. The van der Waals surface area contributed by atoms with Gasteiger partial charge in [-0.25, -0.2) is 0 Å². The van der Waals surface area contributed by atoms with Gasteiger partial charge in [-0.1, -0.05) is 24.3 Å². The van der Waals surface area contributed by atoms with Gasteiger partial charge in [0.15, 0.2) is 0 Å². The minimum atomic E-state index is -0.867. The molecule has 1 aromatic heterocycles. The molecule has 1 unspecified atom stereocenters. The number of hydrogen-bond acceptors (Lipinski definition) is 3. The number of amides is 1. The summed E-state index contributed by atoms with van der Waals surface area (Å²) in [7, 11) is 0. The average Bonchev–Trinajstić information content (AvgIpc) is 2.98. The molecule has 4 nitrogen and oxygen atoms in total. The van der Waals surface area contributed by atoms with Gasteiger partial charge in [0.1, 0.15) is 0 Å². The molecular weight excluding hydrogens is 322 g/mol. The first kappa shape index (κ1) is 16.7. The van der Waals surface area contributed by atoms with E-state index in [4.69, 9.17) is 0 Å². The van der Waals surface area contributed by atoms with E-state index < -0.39 is 11.9 Å². The standard InChI is InChI=1S/C19H21NO3S/c1-13-9-10-15(24-13)6-4-8-18(21)20-11-14-5-2-3-7-16(14)17(12-20)19(22)23/h2-3,5,7,9-10,17H,4,6,8,11-12H2,1H3,(H,22,23). The number of carbonyl (C=O) groups is 2. The van der Waals surface area contributed by atoms with Crippen molar-refractivity contribution in [3.8, 4) is 0 Å². The van der Waals surface area contributed by atoms with Crippen LogP contribution in [-0.2, 0) is 22.6 Å². The van der Waals surface area contributed by atoms with E-state index in [0.717, 1.165) is 24.0 Å². The molecule has 0 saturated carbocycles. The van der Waals surface area contributed by atoms with Crippen LogP contribution in [0.4, 0.5) is 0 Å². The number of nitrogens with zero attached hydrogens (tertiary/aromatic N) is 1. The molecule has 2 aromatic rings. The van der Waals surface area contributed by atoms with Crippen LogP contribution in [0.25, 0.3) is 0 Å². The number of fused-ring (bicyclic) bond motifs is 1. The van der Waals surface area contributed by atoms with Crippen LogP contribution in [0.1, 0.15) is 39.6 Å². The molecule has 126 valence electrons. The number of carbonyl (C=O) groups excluding carboxylic acids is 1. The Bertz CT molecular complexity index is 753. The van der Waals surface area contributed by atoms with Crippen molar-refractivity contribution in [2.75, 3.05) is 6.54 Å². The number of rotatable bonds is 5. The molecular formula is C19H21NO3S. The summed E-state index contributed by atoms with van der Waals surface area (Å²) in [5.41, 5.74) is 1.78. The van der Waals surface area contributed by atoms with Gasteiger partial charge in [0.05, 0.1) is 5.92 Å². The summed E-state index contributed by atoms with van der Waals surface area (Å²) in [6.45, 7) is 2.86. The second kappa shape index (κ2) is 7.18. The number of carboxylic acid groups (broad SMARTS) is 1. The Kier molecular flexibility index (Phi) is 5.00. The third-order valence-electron chi connectivity index (χ3n) is 4.46. The Hall–Kier alpha value is -2.14. The van der Waals surface area contributed by atoms with Gasteiger partial charge in [-0.15, -0.1) is 11.3 Å². The zero-order chi connectivity index (χ0) is 17.1. The molecule has 3 rings (SSSR count). The second-order valence-corrected chi connectivity index (χ2v) is 7.60. The van der Waals surface area contributed by atoms with Crippen molar-refractivity contribution in [2.24, 2.45) is 0 Å². The van der Waals surface area contributed by atoms with Crippen LogP contribution in [0.15, 0.2) is 36.4 Å². The lowest BCUT2D eigenvalue weighted by atomic mass is 9.89. The van der Waals surface area contributed by atoms with E-state index in [9.17, 15) is 14.7 Å². The molecule has 5 heteroatoms. The first-order valence-electron chi connectivity index (χ1n) is 8.18. The summed E-state index contributed by atoms with van der Waals surface area (Å²) in [5.74, 6) is -1.45. The largest absolute Gasteiger partial charge is 0.481 e. The molecule has 0 radical (unpaired) electrons. The summed E-state index contributed by atoms with van der Waals surface area (Å²) in [4.78, 5) is 28.3. The van der Waals surface area contributed by atoms with E-state index in [0.29, 0.717) is 13.0 Å². The molecule has 1 aliphatic rings. The first-order valence-corrected chi connectivity index (χ1v) is 9.00. The van der Waals surface area contributed by atoms with Crippen LogP contribution in [0.3, 0.4) is 0 Å². The molecule has 24 heavy (non-hydrogen) atoms. The Balaban J connectivity index is 1.62. The van der Waals surface area contributed by atoms with Gasteiger partial charge in [-0.2, -0.15) is 0 Å². The fraction of sp³-hybridized carbons (Fsp3) is 0.368. The summed E-state index contributed by atoms with van der Waals surface area (Å²) in [6.07, 6.45) is 2.16.